The highest BCUT2D eigenvalue weighted by Crippen LogP contribution is 2.43. The van der Waals surface area contributed by atoms with Crippen LogP contribution in [0.3, 0.4) is 0 Å². The third kappa shape index (κ3) is 10.3. The van der Waals surface area contributed by atoms with Gasteiger partial charge in [0.2, 0.25) is 0 Å². The number of allylic oxidation sites excluding steroid dienone is 2. The van der Waals surface area contributed by atoms with Gasteiger partial charge >= 0.3 is 12.3 Å². The molecule has 0 spiro atoms. The lowest BCUT2D eigenvalue weighted by Gasteiger charge is -2.36. The monoisotopic (exact) mass is 584 g/mol. The summed E-state index contributed by atoms with van der Waals surface area (Å²) in [6.45, 7) is 2.52. The van der Waals surface area contributed by atoms with Gasteiger partial charge in [-0.3, -0.25) is 0 Å². The topological polar surface area (TPSA) is 18.5 Å². The number of alkyl halides is 5. The van der Waals surface area contributed by atoms with Crippen LogP contribution in [0.5, 0.6) is 0 Å². The zero-order valence-electron chi connectivity index (χ0n) is 24.7. The highest BCUT2D eigenvalue weighted by molar-refractivity contribution is 5.24. The molecule has 0 bridgehead atoms. The predicted molar refractivity (Wildman–Crippen MR) is 152 cm³/mol. The molecule has 0 aliphatic heterocycles. The lowest BCUT2D eigenvalue weighted by molar-refractivity contribution is -0.301. The molecule has 0 saturated heterocycles. The highest BCUT2D eigenvalue weighted by atomic mass is 19.4. The summed E-state index contributed by atoms with van der Waals surface area (Å²) in [4.78, 5) is 0. The first-order valence-electron chi connectivity index (χ1n) is 16.1. The Bertz CT molecular complexity index is 904. The number of unbranched alkanes of at least 4 members (excludes halogenated alkanes) is 2. The van der Waals surface area contributed by atoms with Crippen LogP contribution in [-0.4, -0.2) is 18.3 Å². The number of benzene rings is 1. The van der Waals surface area contributed by atoms with E-state index < -0.39 is 23.8 Å². The Hall–Kier alpha value is -1.47. The Labute approximate surface area is 243 Å². The predicted octanol–water partition coefficient (Wildman–Crippen LogP) is 10.9. The summed E-state index contributed by atoms with van der Waals surface area (Å²) in [5, 5.41) is 0. The van der Waals surface area contributed by atoms with Gasteiger partial charge in [0.25, 0.3) is 0 Å². The normalized spacial score (nSPS) is 30.1. The van der Waals surface area contributed by atoms with Gasteiger partial charge in [0, 0.05) is 0 Å². The van der Waals surface area contributed by atoms with Crippen molar-refractivity contribution in [3.05, 3.63) is 47.5 Å². The molecule has 0 atom stereocenters. The van der Waals surface area contributed by atoms with Crippen molar-refractivity contribution in [1.82, 2.24) is 0 Å². The van der Waals surface area contributed by atoms with E-state index in [-0.39, 0.29) is 12.2 Å². The van der Waals surface area contributed by atoms with Crippen LogP contribution in [0.1, 0.15) is 121 Å². The average Bonchev–Trinajstić information content (AvgIpc) is 2.96. The summed E-state index contributed by atoms with van der Waals surface area (Å²) in [5.74, 6) is 0.912. The second-order valence-electron chi connectivity index (χ2n) is 12.9. The van der Waals surface area contributed by atoms with Crippen molar-refractivity contribution >= 4 is 0 Å². The number of hydrogen-bond acceptors (Lipinski definition) is 2. The molecule has 3 saturated carbocycles. The Kier molecular flexibility index (Phi) is 12.1. The maximum absolute atomic E-state index is 15.0. The van der Waals surface area contributed by atoms with Crippen LogP contribution in [0, 0.1) is 23.7 Å². The molecule has 1 aromatic rings. The number of halogens is 5. The molecule has 0 heterocycles. The molecule has 3 aliphatic rings. The lowest BCUT2D eigenvalue weighted by atomic mass is 9.79. The largest absolute Gasteiger partial charge is 0.416 e. The standard InChI is InChI=1S/C34H49F5O2/c1-2-3-4-5-25-8-18-30(19-9-25)34(38,39)41-32-22-14-27(15-23-32)7-6-26-12-20-31(21-13-26)40-24-28-10-16-29(17-11-28)33(35,36)37/h6-7,10-11,16-17,25-27,30-32H,2-5,8-9,12-15,18-24H2,1H3/b7-6+. The van der Waals surface area contributed by atoms with Crippen molar-refractivity contribution < 1.29 is 31.4 Å². The number of hydrogen-bond donors (Lipinski definition) is 0. The molecular weight excluding hydrogens is 535 g/mol. The van der Waals surface area contributed by atoms with Crippen molar-refractivity contribution in [2.24, 2.45) is 23.7 Å². The first-order chi connectivity index (χ1) is 19.6. The van der Waals surface area contributed by atoms with E-state index in [0.717, 1.165) is 69.1 Å². The van der Waals surface area contributed by atoms with Crippen LogP contribution in [0.15, 0.2) is 36.4 Å². The summed E-state index contributed by atoms with van der Waals surface area (Å²) in [7, 11) is 0. The molecule has 1 aromatic carbocycles. The second kappa shape index (κ2) is 15.3. The van der Waals surface area contributed by atoms with Crippen molar-refractivity contribution in [3.8, 4) is 0 Å². The van der Waals surface area contributed by atoms with Crippen LogP contribution in [0.25, 0.3) is 0 Å². The van der Waals surface area contributed by atoms with Gasteiger partial charge < -0.3 is 9.47 Å². The first-order valence-corrected chi connectivity index (χ1v) is 16.1. The van der Waals surface area contributed by atoms with Gasteiger partial charge in [-0.2, -0.15) is 22.0 Å². The van der Waals surface area contributed by atoms with Gasteiger partial charge in [0.15, 0.2) is 0 Å². The molecule has 41 heavy (non-hydrogen) atoms. The summed E-state index contributed by atoms with van der Waals surface area (Å²) >= 11 is 0. The fraction of sp³-hybridized carbons (Fsp3) is 0.765. The summed E-state index contributed by atoms with van der Waals surface area (Å²) in [6.07, 6.45) is 12.0. The van der Waals surface area contributed by atoms with E-state index in [0.29, 0.717) is 50.0 Å². The summed E-state index contributed by atoms with van der Waals surface area (Å²) in [6, 6.07) is 5.18. The SMILES string of the molecule is CCCCCC1CCC(C(F)(F)OC2CCC(/C=C/C3CCC(OCc4ccc(C(F)(F)F)cc4)CC3)CC2)CC1. The molecular formula is C34H49F5O2. The minimum atomic E-state index is -4.32. The van der Waals surface area contributed by atoms with Crippen LogP contribution in [-0.2, 0) is 22.3 Å². The third-order valence-corrected chi connectivity index (χ3v) is 9.72. The molecule has 3 fully saturated rings. The Balaban J connectivity index is 1.09. The van der Waals surface area contributed by atoms with Gasteiger partial charge in [0.1, 0.15) is 0 Å². The van der Waals surface area contributed by atoms with Crippen molar-refractivity contribution in [1.29, 1.82) is 0 Å². The Morgan fingerprint density at radius 1 is 0.707 bits per heavy atom. The third-order valence-electron chi connectivity index (χ3n) is 9.72. The zero-order chi connectivity index (χ0) is 29.3. The lowest BCUT2D eigenvalue weighted by Crippen LogP contribution is -2.39. The molecule has 0 amide bonds. The van der Waals surface area contributed by atoms with E-state index in [4.69, 9.17) is 9.47 Å². The van der Waals surface area contributed by atoms with E-state index in [1.54, 1.807) is 0 Å². The van der Waals surface area contributed by atoms with E-state index in [9.17, 15) is 22.0 Å². The minimum absolute atomic E-state index is 0.132. The quantitative estimate of drug-likeness (QED) is 0.138. The molecule has 0 N–H and O–H groups in total. The van der Waals surface area contributed by atoms with Gasteiger partial charge in [-0.1, -0.05) is 56.9 Å². The first kappa shape index (κ1) is 32.4. The summed E-state index contributed by atoms with van der Waals surface area (Å²) < 4.78 is 79.6. The molecule has 2 nitrogen and oxygen atoms in total. The molecule has 3 aliphatic carbocycles. The summed E-state index contributed by atoms with van der Waals surface area (Å²) in [5.41, 5.74) is 0.112. The fourth-order valence-electron chi connectivity index (χ4n) is 6.95. The van der Waals surface area contributed by atoms with Gasteiger partial charge in [-0.25, -0.2) is 0 Å². The zero-order valence-corrected chi connectivity index (χ0v) is 24.7. The molecule has 232 valence electrons. The maximum Gasteiger partial charge on any atom is 0.416 e. The Morgan fingerprint density at radius 3 is 1.80 bits per heavy atom. The second-order valence-corrected chi connectivity index (χ2v) is 12.9. The fourth-order valence-corrected chi connectivity index (χ4v) is 6.95. The molecule has 0 aromatic heterocycles. The van der Waals surface area contributed by atoms with Crippen LogP contribution in [0.2, 0.25) is 0 Å². The van der Waals surface area contributed by atoms with Crippen LogP contribution < -0.4 is 0 Å². The Morgan fingerprint density at radius 2 is 1.27 bits per heavy atom. The van der Waals surface area contributed by atoms with Crippen LogP contribution in [0.4, 0.5) is 22.0 Å². The molecule has 4 rings (SSSR count). The van der Waals surface area contributed by atoms with Crippen molar-refractivity contribution in [2.75, 3.05) is 0 Å². The average molecular weight is 585 g/mol. The van der Waals surface area contributed by atoms with Crippen LogP contribution >= 0.6 is 0 Å². The minimum Gasteiger partial charge on any atom is -0.374 e. The smallest absolute Gasteiger partial charge is 0.374 e. The molecule has 0 unspecified atom stereocenters. The molecule has 0 radical (unpaired) electrons. The van der Waals surface area contributed by atoms with E-state index in [2.05, 4.69) is 19.1 Å². The van der Waals surface area contributed by atoms with Crippen molar-refractivity contribution in [3.63, 3.8) is 0 Å². The van der Waals surface area contributed by atoms with E-state index in [1.807, 2.05) is 0 Å². The van der Waals surface area contributed by atoms with E-state index >= 15 is 0 Å². The number of ether oxygens (including phenoxy) is 2. The van der Waals surface area contributed by atoms with Gasteiger partial charge in [-0.15, -0.1) is 0 Å². The van der Waals surface area contributed by atoms with Gasteiger partial charge in [0.05, 0.1) is 30.3 Å². The van der Waals surface area contributed by atoms with Crippen molar-refractivity contribution in [2.45, 2.75) is 141 Å². The number of rotatable bonds is 12. The van der Waals surface area contributed by atoms with E-state index in [1.165, 1.54) is 37.8 Å². The van der Waals surface area contributed by atoms with Gasteiger partial charge in [-0.05, 0) is 112 Å². The maximum atomic E-state index is 15.0. The highest BCUT2D eigenvalue weighted by Gasteiger charge is 2.44. The molecule has 7 heteroatoms.